The first-order valence-electron chi connectivity index (χ1n) is 8.36. The largest absolute Gasteiger partial charge is 0.497 e. The Kier molecular flexibility index (Phi) is 6.75. The number of carbonyl (C=O) groups excluding carboxylic acids is 1. The van der Waals surface area contributed by atoms with E-state index in [4.69, 9.17) is 4.74 Å². The van der Waals surface area contributed by atoms with Gasteiger partial charge in [0.25, 0.3) is 0 Å². The lowest BCUT2D eigenvalue weighted by molar-refractivity contribution is -0.128. The summed E-state index contributed by atoms with van der Waals surface area (Å²) < 4.78 is 5.07. The number of nitrogens with zero attached hydrogens (tertiary/aromatic N) is 1. The first-order chi connectivity index (χ1) is 11.6. The monoisotopic (exact) mass is 334 g/mol. The smallest absolute Gasteiger partial charge is 0.240 e. The van der Waals surface area contributed by atoms with Gasteiger partial charge in [-0.2, -0.15) is 5.10 Å². The van der Waals surface area contributed by atoms with Crippen LogP contribution in [0.2, 0.25) is 0 Å². The van der Waals surface area contributed by atoms with E-state index in [1.54, 1.807) is 13.3 Å². The summed E-state index contributed by atoms with van der Waals surface area (Å²) in [5, 5.41) is 24.1. The van der Waals surface area contributed by atoms with E-state index in [0.717, 1.165) is 30.6 Å². The lowest BCUT2D eigenvalue weighted by Crippen LogP contribution is -2.43. The molecule has 1 amide bonds. The molecule has 1 aromatic rings. The Morgan fingerprint density at radius 3 is 2.58 bits per heavy atom. The number of hydrogen-bond acceptors (Lipinski definition) is 5. The fourth-order valence-corrected chi connectivity index (χ4v) is 3.13. The number of carbonyl (C=O) groups is 1. The predicted molar refractivity (Wildman–Crippen MR) is 92.0 cm³/mol. The van der Waals surface area contributed by atoms with E-state index in [1.807, 2.05) is 24.3 Å². The van der Waals surface area contributed by atoms with Gasteiger partial charge in [0.15, 0.2) is 0 Å². The number of aliphatic hydroxyl groups excluding tert-OH is 1. The molecule has 1 atom stereocenters. The number of methoxy groups -OCH3 is 1. The molecule has 1 aromatic carbocycles. The molecule has 2 rings (SSSR count). The highest BCUT2D eigenvalue weighted by Crippen LogP contribution is 2.35. The van der Waals surface area contributed by atoms with Gasteiger partial charge in [-0.05, 0) is 42.7 Å². The Morgan fingerprint density at radius 1 is 1.33 bits per heavy atom. The van der Waals surface area contributed by atoms with Crippen molar-refractivity contribution in [1.82, 2.24) is 5.43 Å². The Morgan fingerprint density at radius 2 is 2.00 bits per heavy atom. The van der Waals surface area contributed by atoms with Crippen LogP contribution in [0.3, 0.4) is 0 Å². The number of hydrazone groups is 1. The zero-order valence-electron chi connectivity index (χ0n) is 14.1. The molecule has 0 spiro atoms. The Hall–Kier alpha value is -1.92. The summed E-state index contributed by atoms with van der Waals surface area (Å²) >= 11 is 0. The summed E-state index contributed by atoms with van der Waals surface area (Å²) in [5.74, 6) is -0.00510. The number of ether oxygens (including phenoxy) is 1. The van der Waals surface area contributed by atoms with Crippen LogP contribution in [-0.4, -0.2) is 41.7 Å². The van der Waals surface area contributed by atoms with Crippen molar-refractivity contribution in [3.05, 3.63) is 29.8 Å². The Bertz CT molecular complexity index is 551. The summed E-state index contributed by atoms with van der Waals surface area (Å²) in [6.07, 6.45) is 5.85. The normalized spacial score (nSPS) is 18.3. The second-order valence-corrected chi connectivity index (χ2v) is 6.31. The summed E-state index contributed by atoms with van der Waals surface area (Å²) in [6, 6.07) is 7.28. The molecular weight excluding hydrogens is 308 g/mol. The Labute approximate surface area is 142 Å². The van der Waals surface area contributed by atoms with E-state index in [9.17, 15) is 15.0 Å². The molecule has 1 aliphatic carbocycles. The molecule has 1 fully saturated rings. The minimum Gasteiger partial charge on any atom is -0.497 e. The van der Waals surface area contributed by atoms with Gasteiger partial charge < -0.3 is 14.9 Å². The van der Waals surface area contributed by atoms with Crippen molar-refractivity contribution in [2.45, 2.75) is 44.1 Å². The predicted octanol–water partition coefficient (Wildman–Crippen LogP) is 1.84. The van der Waals surface area contributed by atoms with Crippen LogP contribution in [0.15, 0.2) is 29.4 Å². The van der Waals surface area contributed by atoms with Gasteiger partial charge in [-0.3, -0.25) is 4.79 Å². The molecule has 1 saturated carbocycles. The van der Waals surface area contributed by atoms with Crippen molar-refractivity contribution in [1.29, 1.82) is 0 Å². The first-order valence-corrected chi connectivity index (χ1v) is 8.36. The first kappa shape index (κ1) is 18.4. The number of hydrogen-bond donors (Lipinski definition) is 3. The standard InChI is InChI=1S/C18H26N2O4/c1-24-16-7-5-14(6-8-16)12-19-20-17(22)11-15(13-21)18(23)9-3-2-4-10-18/h5-8,12,15,21,23H,2-4,9-11,13H2,1H3,(H,20,22)/b19-12+. The number of nitrogens with one attached hydrogen (secondary N) is 1. The van der Waals surface area contributed by atoms with E-state index < -0.39 is 11.5 Å². The van der Waals surface area contributed by atoms with E-state index in [-0.39, 0.29) is 18.9 Å². The quantitative estimate of drug-likeness (QED) is 0.524. The van der Waals surface area contributed by atoms with E-state index in [0.29, 0.717) is 12.8 Å². The highest BCUT2D eigenvalue weighted by molar-refractivity contribution is 5.82. The Balaban J connectivity index is 1.85. The second kappa shape index (κ2) is 8.80. The van der Waals surface area contributed by atoms with Crippen molar-refractivity contribution in [3.8, 4) is 5.75 Å². The number of amides is 1. The van der Waals surface area contributed by atoms with Gasteiger partial charge in [0.05, 0.1) is 18.9 Å². The van der Waals surface area contributed by atoms with E-state index in [1.165, 1.54) is 0 Å². The maximum absolute atomic E-state index is 12.0. The fraction of sp³-hybridized carbons (Fsp3) is 0.556. The molecule has 1 aliphatic rings. The molecule has 0 aromatic heterocycles. The van der Waals surface area contributed by atoms with Gasteiger partial charge in [-0.1, -0.05) is 19.3 Å². The molecule has 24 heavy (non-hydrogen) atoms. The summed E-state index contributed by atoms with van der Waals surface area (Å²) in [5.41, 5.74) is 2.35. The molecule has 0 heterocycles. The highest BCUT2D eigenvalue weighted by Gasteiger charge is 2.38. The molecule has 3 N–H and O–H groups in total. The minimum atomic E-state index is -0.940. The molecule has 132 valence electrons. The van der Waals surface area contributed by atoms with Crippen molar-refractivity contribution in [2.24, 2.45) is 11.0 Å². The number of aliphatic hydroxyl groups is 2. The van der Waals surface area contributed by atoms with Gasteiger partial charge >= 0.3 is 0 Å². The summed E-state index contributed by atoms with van der Waals surface area (Å²) in [4.78, 5) is 12.0. The molecule has 1 unspecified atom stereocenters. The molecule has 0 radical (unpaired) electrons. The number of benzene rings is 1. The third-order valence-electron chi connectivity index (χ3n) is 4.65. The van der Waals surface area contributed by atoms with Gasteiger partial charge in [0.1, 0.15) is 5.75 Å². The van der Waals surface area contributed by atoms with Crippen LogP contribution < -0.4 is 10.2 Å². The maximum Gasteiger partial charge on any atom is 0.240 e. The van der Waals surface area contributed by atoms with Crippen LogP contribution >= 0.6 is 0 Å². The second-order valence-electron chi connectivity index (χ2n) is 6.31. The fourth-order valence-electron chi connectivity index (χ4n) is 3.13. The number of rotatable bonds is 7. The molecule has 6 heteroatoms. The average Bonchev–Trinajstić information content (AvgIpc) is 2.60. The minimum absolute atomic E-state index is 0.0625. The zero-order valence-corrected chi connectivity index (χ0v) is 14.1. The van der Waals surface area contributed by atoms with Crippen LogP contribution in [0.1, 0.15) is 44.1 Å². The van der Waals surface area contributed by atoms with Crippen molar-refractivity contribution >= 4 is 12.1 Å². The molecule has 6 nitrogen and oxygen atoms in total. The van der Waals surface area contributed by atoms with Gasteiger partial charge in [-0.25, -0.2) is 5.43 Å². The highest BCUT2D eigenvalue weighted by atomic mass is 16.5. The SMILES string of the molecule is COc1ccc(/C=N/NC(=O)CC(CO)C2(O)CCCCC2)cc1. The lowest BCUT2D eigenvalue weighted by atomic mass is 9.74. The van der Waals surface area contributed by atoms with Gasteiger partial charge in [0, 0.05) is 18.9 Å². The van der Waals surface area contributed by atoms with Crippen molar-refractivity contribution < 1.29 is 19.7 Å². The average molecular weight is 334 g/mol. The van der Waals surface area contributed by atoms with E-state index >= 15 is 0 Å². The van der Waals surface area contributed by atoms with Crippen LogP contribution in [-0.2, 0) is 4.79 Å². The third-order valence-corrected chi connectivity index (χ3v) is 4.65. The van der Waals surface area contributed by atoms with Crippen LogP contribution in [0.4, 0.5) is 0 Å². The third kappa shape index (κ3) is 5.04. The van der Waals surface area contributed by atoms with E-state index in [2.05, 4.69) is 10.5 Å². The molecular formula is C18H26N2O4. The topological polar surface area (TPSA) is 91.2 Å². The molecule has 0 bridgehead atoms. The molecule has 0 saturated heterocycles. The van der Waals surface area contributed by atoms with Crippen molar-refractivity contribution in [3.63, 3.8) is 0 Å². The van der Waals surface area contributed by atoms with Gasteiger partial charge in [-0.15, -0.1) is 0 Å². The molecule has 0 aliphatic heterocycles. The van der Waals surface area contributed by atoms with Crippen molar-refractivity contribution in [2.75, 3.05) is 13.7 Å². The van der Waals surface area contributed by atoms with Crippen LogP contribution in [0.25, 0.3) is 0 Å². The maximum atomic E-state index is 12.0. The van der Waals surface area contributed by atoms with Gasteiger partial charge in [0.2, 0.25) is 5.91 Å². The van der Waals surface area contributed by atoms with Crippen LogP contribution in [0.5, 0.6) is 5.75 Å². The van der Waals surface area contributed by atoms with Crippen LogP contribution in [0, 0.1) is 5.92 Å². The summed E-state index contributed by atoms with van der Waals surface area (Å²) in [6.45, 7) is -0.202. The lowest BCUT2D eigenvalue weighted by Gasteiger charge is -2.38. The summed E-state index contributed by atoms with van der Waals surface area (Å²) in [7, 11) is 1.60. The zero-order chi connectivity index (χ0) is 17.4.